The first-order valence-corrected chi connectivity index (χ1v) is 13.9. The summed E-state index contributed by atoms with van der Waals surface area (Å²) >= 11 is 0. The number of alkyl halides is 3. The minimum Gasteiger partial charge on any atom is -0.488 e. The number of carbonyl (C=O) groups is 4. The lowest BCUT2D eigenvalue weighted by Gasteiger charge is -2.35. The molecule has 0 bridgehead atoms. The fourth-order valence-electron chi connectivity index (χ4n) is 6.45. The molecule has 0 spiro atoms. The van der Waals surface area contributed by atoms with Crippen LogP contribution in [-0.4, -0.2) is 71.0 Å². The Labute approximate surface area is 242 Å². The lowest BCUT2D eigenvalue weighted by Crippen LogP contribution is -2.61. The fraction of sp³-hybridized carbons (Fsp3) is 0.621. The quantitative estimate of drug-likeness (QED) is 0.403. The van der Waals surface area contributed by atoms with E-state index in [9.17, 15) is 37.6 Å². The van der Waals surface area contributed by atoms with E-state index in [2.05, 4.69) is 10.6 Å². The molecule has 1 aromatic carbocycles. The molecule has 3 fully saturated rings. The van der Waals surface area contributed by atoms with Gasteiger partial charge in [0.1, 0.15) is 30.0 Å². The summed E-state index contributed by atoms with van der Waals surface area (Å²) in [5.74, 6) is -4.69. The summed E-state index contributed by atoms with van der Waals surface area (Å²) in [5.41, 5.74) is -0.771. The summed E-state index contributed by atoms with van der Waals surface area (Å²) in [7, 11) is 0. The van der Waals surface area contributed by atoms with Gasteiger partial charge in [0, 0.05) is 18.0 Å². The predicted molar refractivity (Wildman–Crippen MR) is 143 cm³/mol. The first-order valence-electron chi connectivity index (χ1n) is 13.9. The first kappa shape index (κ1) is 31.1. The lowest BCUT2D eigenvalue weighted by atomic mass is 9.91. The van der Waals surface area contributed by atoms with E-state index >= 15 is 0 Å². The number of nitrogens with one attached hydrogen (secondary N) is 3. The van der Waals surface area contributed by atoms with Gasteiger partial charge in [-0.1, -0.05) is 32.0 Å². The van der Waals surface area contributed by atoms with Crippen molar-refractivity contribution in [1.29, 1.82) is 5.26 Å². The van der Waals surface area contributed by atoms with Crippen LogP contribution in [-0.2, 0) is 19.2 Å². The van der Waals surface area contributed by atoms with Crippen molar-refractivity contribution in [2.45, 2.75) is 83.4 Å². The first-order chi connectivity index (χ1) is 19.5. The number of fused-ring (bicyclic) bond motifs is 1. The van der Waals surface area contributed by atoms with Crippen LogP contribution in [0.3, 0.4) is 0 Å². The van der Waals surface area contributed by atoms with Crippen molar-refractivity contribution in [1.82, 2.24) is 20.9 Å². The molecule has 1 saturated carbocycles. The van der Waals surface area contributed by atoms with Crippen molar-refractivity contribution in [2.75, 3.05) is 6.54 Å². The normalized spacial score (nSPS) is 27.5. The Hall–Kier alpha value is -3.82. The van der Waals surface area contributed by atoms with E-state index in [0.29, 0.717) is 6.42 Å². The van der Waals surface area contributed by atoms with E-state index < -0.39 is 59.6 Å². The number of likely N-dealkylation sites (tertiary alicyclic amines) is 1. The Morgan fingerprint density at radius 2 is 1.81 bits per heavy atom. The number of nitriles is 1. The molecule has 1 aliphatic carbocycles. The van der Waals surface area contributed by atoms with Gasteiger partial charge in [-0.2, -0.15) is 18.4 Å². The van der Waals surface area contributed by atoms with Gasteiger partial charge in [-0.05, 0) is 63.0 Å². The van der Waals surface area contributed by atoms with Gasteiger partial charge in [0.2, 0.25) is 17.7 Å². The monoisotopic (exact) mass is 591 g/mol. The van der Waals surface area contributed by atoms with Crippen molar-refractivity contribution in [2.24, 2.45) is 23.2 Å². The molecule has 7 atom stereocenters. The van der Waals surface area contributed by atoms with Crippen LogP contribution in [0.5, 0.6) is 5.75 Å². The van der Waals surface area contributed by atoms with E-state index in [1.165, 1.54) is 11.8 Å². The van der Waals surface area contributed by atoms with Gasteiger partial charge in [-0.15, -0.1) is 0 Å². The van der Waals surface area contributed by atoms with Gasteiger partial charge in [0.05, 0.1) is 6.07 Å². The number of benzene rings is 1. The number of amides is 4. The molecule has 10 nitrogen and oxygen atoms in total. The van der Waals surface area contributed by atoms with Crippen LogP contribution in [0.4, 0.5) is 13.2 Å². The lowest BCUT2D eigenvalue weighted by molar-refractivity contribution is -0.176. The number of hydrogen-bond acceptors (Lipinski definition) is 6. The molecule has 0 radical (unpaired) electrons. The highest BCUT2D eigenvalue weighted by atomic mass is 19.4. The van der Waals surface area contributed by atoms with E-state index in [0.717, 1.165) is 0 Å². The molecule has 1 aromatic rings. The molecule has 3 N–H and O–H groups in total. The number of nitrogens with zero attached hydrogens (tertiary/aromatic N) is 2. The number of carbonyl (C=O) groups excluding carboxylic acids is 4. The Balaban J connectivity index is 1.55. The minimum absolute atomic E-state index is 0.0713. The predicted octanol–water partition coefficient (Wildman–Crippen LogP) is 2.30. The van der Waals surface area contributed by atoms with Crippen molar-refractivity contribution in [3.63, 3.8) is 0 Å². The maximum atomic E-state index is 13.8. The zero-order chi connectivity index (χ0) is 31.2. The molecule has 2 heterocycles. The highest BCUT2D eigenvalue weighted by Gasteiger charge is 2.70. The van der Waals surface area contributed by atoms with Crippen molar-refractivity contribution in [3.8, 4) is 11.8 Å². The molecule has 13 heteroatoms. The zero-order valence-electron chi connectivity index (χ0n) is 24.1. The maximum absolute atomic E-state index is 13.8. The zero-order valence-corrected chi connectivity index (χ0v) is 24.1. The SMILES string of the molecule is CC(Oc1ccccc1)C(NC(=O)C(F)(F)F)C(=O)N1CC2C(C1C(=O)NC(C#N)CC1CC(C)(C)NC1=O)C2(C)C. The van der Waals surface area contributed by atoms with Crippen LogP contribution in [0.1, 0.15) is 47.5 Å². The summed E-state index contributed by atoms with van der Waals surface area (Å²) in [6, 6.07) is 6.26. The van der Waals surface area contributed by atoms with Gasteiger partial charge in [-0.25, -0.2) is 0 Å². The molecule has 2 aliphatic heterocycles. The topological polar surface area (TPSA) is 141 Å². The van der Waals surface area contributed by atoms with Gasteiger partial charge in [-0.3, -0.25) is 19.2 Å². The molecule has 228 valence electrons. The Bertz CT molecular complexity index is 1280. The van der Waals surface area contributed by atoms with E-state index in [1.807, 2.05) is 33.8 Å². The molecule has 4 amide bonds. The second-order valence-electron chi connectivity index (χ2n) is 12.7. The van der Waals surface area contributed by atoms with Crippen LogP contribution in [0, 0.1) is 34.5 Å². The van der Waals surface area contributed by atoms with Crippen LogP contribution in [0.2, 0.25) is 0 Å². The van der Waals surface area contributed by atoms with Crippen LogP contribution in [0.25, 0.3) is 0 Å². The summed E-state index contributed by atoms with van der Waals surface area (Å²) in [6.07, 6.45) is -5.93. The number of ether oxygens (including phenoxy) is 1. The van der Waals surface area contributed by atoms with E-state index in [1.54, 1.807) is 35.6 Å². The Morgan fingerprint density at radius 3 is 2.36 bits per heavy atom. The summed E-state index contributed by atoms with van der Waals surface area (Å²) < 4.78 is 45.4. The molecule has 3 aliphatic rings. The van der Waals surface area contributed by atoms with Crippen molar-refractivity contribution >= 4 is 23.6 Å². The third-order valence-corrected chi connectivity index (χ3v) is 8.69. The van der Waals surface area contributed by atoms with Gasteiger partial charge >= 0.3 is 12.1 Å². The van der Waals surface area contributed by atoms with Crippen LogP contribution >= 0.6 is 0 Å². The highest BCUT2D eigenvalue weighted by Crippen LogP contribution is 2.65. The maximum Gasteiger partial charge on any atom is 0.471 e. The highest BCUT2D eigenvalue weighted by molar-refractivity contribution is 5.95. The second kappa shape index (κ2) is 11.1. The summed E-state index contributed by atoms with van der Waals surface area (Å²) in [6.45, 7) is 9.03. The molecular weight excluding hydrogens is 555 g/mol. The van der Waals surface area contributed by atoms with Crippen LogP contribution in [0.15, 0.2) is 30.3 Å². The fourth-order valence-corrected chi connectivity index (χ4v) is 6.45. The number of rotatable bonds is 9. The van der Waals surface area contributed by atoms with Gasteiger partial charge < -0.3 is 25.6 Å². The number of piperidine rings is 1. The molecule has 4 rings (SSSR count). The average molecular weight is 592 g/mol. The van der Waals surface area contributed by atoms with Crippen molar-refractivity contribution < 1.29 is 37.1 Å². The summed E-state index contributed by atoms with van der Waals surface area (Å²) in [5, 5.41) is 17.1. The van der Waals surface area contributed by atoms with Gasteiger partial charge in [0.25, 0.3) is 0 Å². The minimum atomic E-state index is -5.25. The van der Waals surface area contributed by atoms with Crippen LogP contribution < -0.4 is 20.7 Å². The number of para-hydroxylation sites is 1. The van der Waals surface area contributed by atoms with Gasteiger partial charge in [0.15, 0.2) is 0 Å². The smallest absolute Gasteiger partial charge is 0.471 e. The average Bonchev–Trinajstić information content (AvgIpc) is 3.18. The molecule has 42 heavy (non-hydrogen) atoms. The van der Waals surface area contributed by atoms with Crippen molar-refractivity contribution in [3.05, 3.63) is 30.3 Å². The summed E-state index contributed by atoms with van der Waals surface area (Å²) in [4.78, 5) is 53.0. The number of halogens is 3. The standard InChI is InChI=1S/C29H36F3N5O5/c1-15(42-18-9-7-6-8-10-18)21(35-26(41)29(30,31)32)25(40)37-14-19-20(28(19,4)5)22(37)24(39)34-17(13-33)11-16-12-27(2,3)36-23(16)38/h6-10,15-17,19-22H,11-12,14H2,1-5H3,(H,34,39)(H,35,41)(H,36,38). The largest absolute Gasteiger partial charge is 0.488 e. The molecule has 2 saturated heterocycles. The molecule has 0 aromatic heterocycles. The Kier molecular flexibility index (Phi) is 8.23. The Morgan fingerprint density at radius 1 is 1.17 bits per heavy atom. The van der Waals surface area contributed by atoms with E-state index in [-0.39, 0.29) is 41.9 Å². The van der Waals surface area contributed by atoms with E-state index in [4.69, 9.17) is 4.74 Å². The molecular formula is C29H36F3N5O5. The molecule has 7 unspecified atom stereocenters. The third kappa shape index (κ3) is 6.32. The second-order valence-corrected chi connectivity index (χ2v) is 12.7. The third-order valence-electron chi connectivity index (χ3n) is 8.69. The number of hydrogen-bond donors (Lipinski definition) is 3.